The molecule has 1 unspecified atom stereocenters. The van der Waals surface area contributed by atoms with Crippen LogP contribution in [0.4, 0.5) is 0 Å². The van der Waals surface area contributed by atoms with Gasteiger partial charge < -0.3 is 5.32 Å². The highest BCUT2D eigenvalue weighted by molar-refractivity contribution is 9.10. The molecule has 0 aliphatic heterocycles. The Hall–Kier alpha value is -0.610. The first-order chi connectivity index (χ1) is 7.19. The van der Waals surface area contributed by atoms with Gasteiger partial charge in [-0.1, -0.05) is 6.92 Å². The molecule has 1 amide bonds. The molecule has 5 heteroatoms. The molecule has 82 valence electrons. The average molecular weight is 292 g/mol. The molecule has 1 N–H and O–H groups in total. The maximum absolute atomic E-state index is 11.7. The summed E-state index contributed by atoms with van der Waals surface area (Å²) in [5, 5.41) is 2.81. The highest BCUT2D eigenvalue weighted by Crippen LogP contribution is 2.13. The lowest BCUT2D eigenvalue weighted by Gasteiger charge is -2.13. The minimum absolute atomic E-state index is 0.00641. The third kappa shape index (κ3) is 3.47. The molecular weight excluding hydrogens is 279 g/mol. The summed E-state index contributed by atoms with van der Waals surface area (Å²) >= 11 is 8.97. The number of carbonyl (C=O) groups excluding carboxylic acids is 1. The molecule has 1 heterocycles. The Morgan fingerprint density at radius 3 is 3.00 bits per heavy atom. The summed E-state index contributed by atoms with van der Waals surface area (Å²) in [5.41, 5.74) is 0.390. The van der Waals surface area contributed by atoms with Gasteiger partial charge in [-0.15, -0.1) is 11.6 Å². The van der Waals surface area contributed by atoms with Crippen LogP contribution in [0.25, 0.3) is 0 Å². The van der Waals surface area contributed by atoms with Crippen LogP contribution in [0, 0.1) is 0 Å². The molecule has 15 heavy (non-hydrogen) atoms. The number of alkyl halides is 1. The fourth-order valence-electron chi connectivity index (χ4n) is 1.06. The van der Waals surface area contributed by atoms with Gasteiger partial charge in [0.05, 0.1) is 0 Å². The molecule has 1 rings (SSSR count). The number of pyridine rings is 1. The molecule has 1 aromatic rings. The van der Waals surface area contributed by atoms with Gasteiger partial charge >= 0.3 is 0 Å². The monoisotopic (exact) mass is 290 g/mol. The lowest BCUT2D eigenvalue weighted by molar-refractivity contribution is 0.0934. The maximum Gasteiger partial charge on any atom is 0.271 e. The second-order valence-corrected chi connectivity index (χ2v) is 4.23. The van der Waals surface area contributed by atoms with E-state index in [2.05, 4.69) is 26.2 Å². The van der Waals surface area contributed by atoms with E-state index < -0.39 is 0 Å². The minimum atomic E-state index is -0.199. The summed E-state index contributed by atoms with van der Waals surface area (Å²) in [6.45, 7) is 1.97. The molecule has 0 saturated carbocycles. The summed E-state index contributed by atoms with van der Waals surface area (Å²) in [4.78, 5) is 15.7. The zero-order valence-electron chi connectivity index (χ0n) is 8.34. The quantitative estimate of drug-likeness (QED) is 0.867. The van der Waals surface area contributed by atoms with E-state index in [1.54, 1.807) is 18.3 Å². The van der Waals surface area contributed by atoms with E-state index in [-0.39, 0.29) is 11.9 Å². The number of hydrogen-bond donors (Lipinski definition) is 1. The second-order valence-electron chi connectivity index (χ2n) is 3.07. The van der Waals surface area contributed by atoms with Crippen LogP contribution in [0.15, 0.2) is 22.8 Å². The first-order valence-electron chi connectivity index (χ1n) is 4.66. The molecular formula is C10H12BrClN2O. The summed E-state index contributed by atoms with van der Waals surface area (Å²) in [7, 11) is 0. The SMILES string of the molecule is CCC(CCl)NC(=O)c1ncccc1Br. The van der Waals surface area contributed by atoms with Gasteiger partial charge in [-0.2, -0.15) is 0 Å². The first-order valence-corrected chi connectivity index (χ1v) is 5.99. The predicted molar refractivity (Wildman–Crippen MR) is 64.2 cm³/mol. The lowest BCUT2D eigenvalue weighted by Crippen LogP contribution is -2.36. The number of hydrogen-bond acceptors (Lipinski definition) is 2. The molecule has 0 aliphatic carbocycles. The number of nitrogens with one attached hydrogen (secondary N) is 1. The molecule has 0 radical (unpaired) electrons. The summed E-state index contributed by atoms with van der Waals surface area (Å²) in [5.74, 6) is 0.210. The van der Waals surface area contributed by atoms with Crippen molar-refractivity contribution in [1.82, 2.24) is 10.3 Å². The Balaban J connectivity index is 2.73. The Labute approximate surface area is 102 Å². The smallest absolute Gasteiger partial charge is 0.271 e. The van der Waals surface area contributed by atoms with Crippen LogP contribution in [-0.2, 0) is 0 Å². The van der Waals surface area contributed by atoms with E-state index >= 15 is 0 Å². The Bertz CT molecular complexity index is 342. The van der Waals surface area contributed by atoms with Gasteiger partial charge in [0.15, 0.2) is 0 Å². The van der Waals surface area contributed by atoms with Crippen LogP contribution in [0.5, 0.6) is 0 Å². The van der Waals surface area contributed by atoms with Gasteiger partial charge in [0.1, 0.15) is 5.69 Å². The Kier molecular flexibility index (Phi) is 5.05. The molecule has 1 aromatic heterocycles. The normalized spacial score (nSPS) is 12.2. The van der Waals surface area contributed by atoms with Crippen LogP contribution in [0.2, 0.25) is 0 Å². The first kappa shape index (κ1) is 12.5. The summed E-state index contributed by atoms with van der Waals surface area (Å²) < 4.78 is 0.687. The van der Waals surface area contributed by atoms with Crippen LogP contribution in [0.1, 0.15) is 23.8 Å². The van der Waals surface area contributed by atoms with Crippen LogP contribution in [0.3, 0.4) is 0 Å². The molecule has 0 aliphatic rings. The van der Waals surface area contributed by atoms with E-state index in [1.165, 1.54) is 0 Å². The van der Waals surface area contributed by atoms with E-state index in [0.29, 0.717) is 16.0 Å². The lowest BCUT2D eigenvalue weighted by atomic mass is 10.2. The van der Waals surface area contributed by atoms with Crippen molar-refractivity contribution in [1.29, 1.82) is 0 Å². The highest BCUT2D eigenvalue weighted by Gasteiger charge is 2.14. The number of amides is 1. The van der Waals surface area contributed by atoms with Crippen LogP contribution >= 0.6 is 27.5 Å². The maximum atomic E-state index is 11.7. The number of halogens is 2. The molecule has 0 bridgehead atoms. The fourth-order valence-corrected chi connectivity index (χ4v) is 1.79. The molecule has 0 saturated heterocycles. The van der Waals surface area contributed by atoms with Crippen LogP contribution in [-0.4, -0.2) is 22.8 Å². The van der Waals surface area contributed by atoms with Gasteiger partial charge in [0.25, 0.3) is 5.91 Å². The Morgan fingerprint density at radius 1 is 1.73 bits per heavy atom. The minimum Gasteiger partial charge on any atom is -0.347 e. The molecule has 0 aromatic carbocycles. The zero-order valence-corrected chi connectivity index (χ0v) is 10.7. The summed E-state index contributed by atoms with van der Waals surface area (Å²) in [6, 6.07) is 3.54. The van der Waals surface area contributed by atoms with Crippen molar-refractivity contribution in [3.05, 3.63) is 28.5 Å². The van der Waals surface area contributed by atoms with Gasteiger partial charge in [-0.3, -0.25) is 4.79 Å². The topological polar surface area (TPSA) is 42.0 Å². The van der Waals surface area contributed by atoms with Crippen molar-refractivity contribution in [2.24, 2.45) is 0 Å². The second kappa shape index (κ2) is 6.08. The number of rotatable bonds is 4. The van der Waals surface area contributed by atoms with Crippen molar-refractivity contribution in [3.63, 3.8) is 0 Å². The van der Waals surface area contributed by atoms with Gasteiger partial charge in [0, 0.05) is 22.6 Å². The van der Waals surface area contributed by atoms with Gasteiger partial charge in [-0.25, -0.2) is 4.98 Å². The van der Waals surface area contributed by atoms with Crippen molar-refractivity contribution in [3.8, 4) is 0 Å². The Morgan fingerprint density at radius 2 is 2.47 bits per heavy atom. The third-order valence-electron chi connectivity index (χ3n) is 1.99. The average Bonchev–Trinajstić information content (AvgIpc) is 2.26. The van der Waals surface area contributed by atoms with Gasteiger partial charge in [0.2, 0.25) is 0 Å². The van der Waals surface area contributed by atoms with Crippen molar-refractivity contribution in [2.45, 2.75) is 19.4 Å². The van der Waals surface area contributed by atoms with Crippen molar-refractivity contribution in [2.75, 3.05) is 5.88 Å². The number of carbonyl (C=O) groups is 1. The standard InChI is InChI=1S/C10H12BrClN2O/c1-2-7(6-12)14-10(15)9-8(11)4-3-5-13-9/h3-5,7H,2,6H2,1H3,(H,14,15). The largest absolute Gasteiger partial charge is 0.347 e. The van der Waals surface area contributed by atoms with E-state index in [0.717, 1.165) is 6.42 Å². The number of aromatic nitrogens is 1. The van der Waals surface area contributed by atoms with Gasteiger partial charge in [-0.05, 0) is 34.5 Å². The fraction of sp³-hybridized carbons (Fsp3) is 0.400. The van der Waals surface area contributed by atoms with Crippen LogP contribution < -0.4 is 5.32 Å². The van der Waals surface area contributed by atoms with E-state index in [4.69, 9.17) is 11.6 Å². The predicted octanol–water partition coefficient (Wildman–Crippen LogP) is 2.59. The van der Waals surface area contributed by atoms with Crippen molar-refractivity contribution < 1.29 is 4.79 Å². The molecule has 0 fully saturated rings. The molecule has 1 atom stereocenters. The third-order valence-corrected chi connectivity index (χ3v) is 3.00. The van der Waals surface area contributed by atoms with Crippen molar-refractivity contribution >= 4 is 33.4 Å². The molecule has 0 spiro atoms. The van der Waals surface area contributed by atoms with E-state index in [1.807, 2.05) is 6.92 Å². The van der Waals surface area contributed by atoms with E-state index in [9.17, 15) is 4.79 Å². The highest BCUT2D eigenvalue weighted by atomic mass is 79.9. The number of nitrogens with zero attached hydrogens (tertiary/aromatic N) is 1. The molecule has 3 nitrogen and oxygen atoms in total. The zero-order chi connectivity index (χ0) is 11.3. The summed E-state index contributed by atoms with van der Waals surface area (Å²) in [6.07, 6.45) is 2.39.